The van der Waals surface area contributed by atoms with Gasteiger partial charge in [0.2, 0.25) is 5.91 Å². The molecule has 1 N–H and O–H groups in total. The molecule has 0 radical (unpaired) electrons. The van der Waals surface area contributed by atoms with E-state index in [2.05, 4.69) is 21.2 Å². The molecule has 24 heavy (non-hydrogen) atoms. The summed E-state index contributed by atoms with van der Waals surface area (Å²) in [4.78, 5) is 25.9. The number of nitrogens with one attached hydrogen (secondary N) is 1. The van der Waals surface area contributed by atoms with Crippen molar-refractivity contribution in [1.82, 2.24) is 4.90 Å². The molecule has 1 saturated heterocycles. The fourth-order valence-electron chi connectivity index (χ4n) is 2.49. The van der Waals surface area contributed by atoms with Gasteiger partial charge < -0.3 is 15.0 Å². The molecule has 1 aromatic rings. The van der Waals surface area contributed by atoms with Crippen LogP contribution in [0.5, 0.6) is 0 Å². The van der Waals surface area contributed by atoms with Crippen molar-refractivity contribution >= 4 is 33.6 Å². The lowest BCUT2D eigenvalue weighted by Gasteiger charge is -2.32. The lowest BCUT2D eigenvalue weighted by Crippen LogP contribution is -2.43. The van der Waals surface area contributed by atoms with Gasteiger partial charge in [-0.25, -0.2) is 9.18 Å². The van der Waals surface area contributed by atoms with Gasteiger partial charge in [-0.2, -0.15) is 0 Å². The average Bonchev–Trinajstić information content (AvgIpc) is 2.50. The molecule has 0 aromatic heterocycles. The maximum atomic E-state index is 13.9. The van der Waals surface area contributed by atoms with Gasteiger partial charge in [0, 0.05) is 19.0 Å². The van der Waals surface area contributed by atoms with Crippen LogP contribution in [0.25, 0.3) is 0 Å². The van der Waals surface area contributed by atoms with Crippen molar-refractivity contribution in [3.63, 3.8) is 0 Å². The Balaban J connectivity index is 1.89. The Morgan fingerprint density at radius 2 is 1.92 bits per heavy atom. The molecule has 0 spiro atoms. The van der Waals surface area contributed by atoms with Gasteiger partial charge in [-0.1, -0.05) is 6.07 Å². The van der Waals surface area contributed by atoms with Crippen molar-refractivity contribution in [3.8, 4) is 0 Å². The van der Waals surface area contributed by atoms with E-state index in [1.54, 1.807) is 17.0 Å². The van der Waals surface area contributed by atoms with Crippen molar-refractivity contribution < 1.29 is 18.7 Å². The zero-order valence-electron chi connectivity index (χ0n) is 14.1. The number of anilines is 1. The Labute approximate surface area is 149 Å². The van der Waals surface area contributed by atoms with Gasteiger partial charge in [0.05, 0.1) is 10.2 Å². The third kappa shape index (κ3) is 4.93. The summed E-state index contributed by atoms with van der Waals surface area (Å²) in [6, 6.07) is 4.76. The van der Waals surface area contributed by atoms with E-state index in [0.717, 1.165) is 0 Å². The molecule has 1 aliphatic rings. The number of hydrogen-bond acceptors (Lipinski definition) is 3. The number of halogens is 2. The van der Waals surface area contributed by atoms with Gasteiger partial charge in [-0.15, -0.1) is 0 Å². The standard InChI is InChI=1S/C17H22BrFN2O3/c1-17(2,3)24-16(23)21-9-7-11(8-10-21)15(22)20-13-6-4-5-12(18)14(13)19/h4-6,11H,7-10H2,1-3H3,(H,20,22). The Hall–Kier alpha value is -1.63. The highest BCUT2D eigenvalue weighted by molar-refractivity contribution is 9.10. The number of amides is 2. The van der Waals surface area contributed by atoms with Crippen molar-refractivity contribution in [2.24, 2.45) is 5.92 Å². The van der Waals surface area contributed by atoms with Gasteiger partial charge in [-0.3, -0.25) is 4.79 Å². The number of carbonyl (C=O) groups excluding carboxylic acids is 2. The van der Waals surface area contributed by atoms with Crippen LogP contribution in [0.2, 0.25) is 0 Å². The van der Waals surface area contributed by atoms with Crippen LogP contribution in [-0.4, -0.2) is 35.6 Å². The summed E-state index contributed by atoms with van der Waals surface area (Å²) in [6.45, 7) is 6.36. The van der Waals surface area contributed by atoms with Crippen molar-refractivity contribution in [2.75, 3.05) is 18.4 Å². The van der Waals surface area contributed by atoms with E-state index in [1.807, 2.05) is 20.8 Å². The van der Waals surface area contributed by atoms with Crippen molar-refractivity contribution in [1.29, 1.82) is 0 Å². The third-order valence-electron chi connectivity index (χ3n) is 3.73. The molecule has 1 aromatic carbocycles. The number of benzene rings is 1. The first-order valence-electron chi connectivity index (χ1n) is 7.90. The van der Waals surface area contributed by atoms with Gasteiger partial charge in [-0.05, 0) is 61.7 Å². The maximum absolute atomic E-state index is 13.9. The van der Waals surface area contributed by atoms with Gasteiger partial charge in [0.15, 0.2) is 5.82 Å². The molecule has 0 atom stereocenters. The Morgan fingerprint density at radius 1 is 1.29 bits per heavy atom. The highest BCUT2D eigenvalue weighted by Crippen LogP contribution is 2.25. The SMILES string of the molecule is CC(C)(C)OC(=O)N1CCC(C(=O)Nc2cccc(Br)c2F)CC1. The molecule has 7 heteroatoms. The number of ether oxygens (including phenoxy) is 1. The van der Waals surface area contributed by atoms with Crippen LogP contribution in [0.1, 0.15) is 33.6 Å². The normalized spacial score (nSPS) is 16.0. The highest BCUT2D eigenvalue weighted by atomic mass is 79.9. The van der Waals surface area contributed by atoms with Crippen LogP contribution in [0.15, 0.2) is 22.7 Å². The number of likely N-dealkylation sites (tertiary alicyclic amines) is 1. The molecular formula is C17H22BrFN2O3. The van der Waals surface area contributed by atoms with E-state index in [9.17, 15) is 14.0 Å². The first-order chi connectivity index (χ1) is 11.2. The molecule has 2 amide bonds. The first-order valence-corrected chi connectivity index (χ1v) is 8.69. The predicted molar refractivity (Wildman–Crippen MR) is 93.3 cm³/mol. The summed E-state index contributed by atoms with van der Waals surface area (Å²) in [6.07, 6.45) is 0.695. The van der Waals surface area contributed by atoms with Crippen LogP contribution in [0.4, 0.5) is 14.9 Å². The summed E-state index contributed by atoms with van der Waals surface area (Å²) in [5.74, 6) is -0.963. The number of rotatable bonds is 2. The lowest BCUT2D eigenvalue weighted by atomic mass is 9.96. The Morgan fingerprint density at radius 3 is 2.50 bits per heavy atom. The van der Waals surface area contributed by atoms with E-state index in [0.29, 0.717) is 30.4 Å². The van der Waals surface area contributed by atoms with E-state index >= 15 is 0 Å². The van der Waals surface area contributed by atoms with Crippen LogP contribution in [0.3, 0.4) is 0 Å². The summed E-state index contributed by atoms with van der Waals surface area (Å²) in [7, 11) is 0. The smallest absolute Gasteiger partial charge is 0.410 e. The molecule has 1 fully saturated rings. The predicted octanol–water partition coefficient (Wildman–Crippen LogP) is 4.17. The zero-order valence-corrected chi connectivity index (χ0v) is 15.7. The van der Waals surface area contributed by atoms with Crippen LogP contribution in [0, 0.1) is 11.7 Å². The summed E-state index contributed by atoms with van der Waals surface area (Å²) in [5.41, 5.74) is -0.382. The average molecular weight is 401 g/mol. The summed E-state index contributed by atoms with van der Waals surface area (Å²) >= 11 is 3.10. The van der Waals surface area contributed by atoms with E-state index in [-0.39, 0.29) is 23.6 Å². The number of hydrogen-bond donors (Lipinski definition) is 1. The summed E-state index contributed by atoms with van der Waals surface area (Å²) in [5, 5.41) is 2.62. The second-order valence-corrected chi connectivity index (χ2v) is 7.69. The minimum Gasteiger partial charge on any atom is -0.444 e. The van der Waals surface area contributed by atoms with Crippen LogP contribution >= 0.6 is 15.9 Å². The van der Waals surface area contributed by atoms with Crippen molar-refractivity contribution in [2.45, 2.75) is 39.2 Å². The quantitative estimate of drug-likeness (QED) is 0.809. The van der Waals surface area contributed by atoms with Crippen LogP contribution in [-0.2, 0) is 9.53 Å². The minimum absolute atomic E-state index is 0.156. The maximum Gasteiger partial charge on any atom is 0.410 e. The van der Waals surface area contributed by atoms with E-state index < -0.39 is 11.4 Å². The van der Waals surface area contributed by atoms with Crippen molar-refractivity contribution in [3.05, 3.63) is 28.5 Å². The largest absolute Gasteiger partial charge is 0.444 e. The van der Waals surface area contributed by atoms with E-state index in [1.165, 1.54) is 6.07 Å². The van der Waals surface area contributed by atoms with Crippen LogP contribution < -0.4 is 5.32 Å². The highest BCUT2D eigenvalue weighted by Gasteiger charge is 2.30. The zero-order chi connectivity index (χ0) is 17.9. The van der Waals surface area contributed by atoms with Gasteiger partial charge in [0.1, 0.15) is 5.60 Å². The monoisotopic (exact) mass is 400 g/mol. The fourth-order valence-corrected chi connectivity index (χ4v) is 2.85. The second kappa shape index (κ2) is 7.51. The molecule has 5 nitrogen and oxygen atoms in total. The van der Waals surface area contributed by atoms with Gasteiger partial charge >= 0.3 is 6.09 Å². The molecular weight excluding hydrogens is 379 g/mol. The fraction of sp³-hybridized carbons (Fsp3) is 0.529. The molecule has 2 rings (SSSR count). The third-order valence-corrected chi connectivity index (χ3v) is 4.34. The molecule has 0 bridgehead atoms. The Bertz CT molecular complexity index is 623. The number of carbonyl (C=O) groups is 2. The topological polar surface area (TPSA) is 58.6 Å². The molecule has 0 unspecified atom stereocenters. The molecule has 1 aliphatic heterocycles. The molecule has 132 valence electrons. The van der Waals surface area contributed by atoms with Gasteiger partial charge in [0.25, 0.3) is 0 Å². The molecule has 1 heterocycles. The van der Waals surface area contributed by atoms with E-state index in [4.69, 9.17) is 4.74 Å². The number of nitrogens with zero attached hydrogens (tertiary/aromatic N) is 1. The minimum atomic E-state index is -0.538. The first kappa shape index (κ1) is 18.7. The number of piperidine rings is 1. The molecule has 0 aliphatic carbocycles. The Kier molecular flexibility index (Phi) is 5.85. The summed E-state index contributed by atoms with van der Waals surface area (Å²) < 4.78 is 19.6. The molecule has 0 saturated carbocycles. The second-order valence-electron chi connectivity index (χ2n) is 6.83. The lowest BCUT2D eigenvalue weighted by molar-refractivity contribution is -0.121.